The van der Waals surface area contributed by atoms with Crippen LogP contribution in [0, 0.1) is 12.1 Å². The van der Waals surface area contributed by atoms with Crippen LogP contribution in [0.1, 0.15) is 5.56 Å². The molecular formula is C12H17N2O6-. The second-order valence-corrected chi connectivity index (χ2v) is 4.72. The molecule has 112 valence electrons. The Morgan fingerprint density at radius 2 is 2.00 bits per heavy atom. The molecular weight excluding hydrogens is 268 g/mol. The first-order chi connectivity index (χ1) is 9.40. The zero-order valence-electron chi connectivity index (χ0n) is 10.8. The highest BCUT2D eigenvalue weighted by atomic mass is 16.8. The van der Waals surface area contributed by atoms with Gasteiger partial charge in [-0.05, 0) is 24.6 Å². The Hall–Kier alpha value is -1.42. The molecule has 1 saturated heterocycles. The maximum absolute atomic E-state index is 11.0. The fraction of sp³-hybridized carbons (Fsp3) is 0.500. The molecule has 1 aromatic rings. The van der Waals surface area contributed by atoms with Crippen LogP contribution in [-0.4, -0.2) is 51.7 Å². The van der Waals surface area contributed by atoms with E-state index in [2.05, 4.69) is 5.32 Å². The molecule has 2 rings (SSSR count). The fourth-order valence-electron chi connectivity index (χ4n) is 2.00. The van der Waals surface area contributed by atoms with Crippen LogP contribution in [0.3, 0.4) is 0 Å². The van der Waals surface area contributed by atoms with Crippen LogP contribution in [0.5, 0.6) is 0 Å². The molecule has 0 bridgehead atoms. The van der Waals surface area contributed by atoms with Gasteiger partial charge in [0.25, 0.3) is 0 Å². The number of aryl methyl sites for hydroxylation is 1. The van der Waals surface area contributed by atoms with Crippen molar-refractivity contribution in [1.82, 2.24) is 0 Å². The van der Waals surface area contributed by atoms with Crippen molar-refractivity contribution in [3.63, 3.8) is 0 Å². The standard InChI is InChI=1S/C12H17N2O6/c1-6-2-3-7(4-8(6)14(18)19)13-12-11(17)10(16)9(15)5-20-12/h2-4,9-13,15-18H,5H2,1H3/q-1/t9-,10-,11-,12+/m1/s1. The smallest absolute Gasteiger partial charge is 0.156 e. The van der Waals surface area contributed by atoms with Crippen LogP contribution in [0.25, 0.3) is 0 Å². The minimum absolute atomic E-state index is 0.0564. The summed E-state index contributed by atoms with van der Waals surface area (Å²) < 4.78 is 5.18. The first-order valence-corrected chi connectivity index (χ1v) is 6.09. The third kappa shape index (κ3) is 3.01. The number of nitrogens with zero attached hydrogens (tertiary/aromatic N) is 1. The van der Waals surface area contributed by atoms with Gasteiger partial charge in [0.2, 0.25) is 0 Å². The molecule has 0 spiro atoms. The molecule has 1 aromatic carbocycles. The SMILES string of the molecule is Cc1ccc(N[C@H]2OC[C@@H](O)[C@@H](O)[C@H]2O)cc1N([O-])O. The molecule has 0 amide bonds. The summed E-state index contributed by atoms with van der Waals surface area (Å²) in [4.78, 5) is 0. The van der Waals surface area contributed by atoms with Crippen molar-refractivity contribution in [3.05, 3.63) is 29.0 Å². The molecule has 5 N–H and O–H groups in total. The van der Waals surface area contributed by atoms with Crippen molar-refractivity contribution in [2.24, 2.45) is 0 Å². The molecule has 1 aliphatic rings. The van der Waals surface area contributed by atoms with Gasteiger partial charge in [0, 0.05) is 5.69 Å². The Morgan fingerprint density at radius 3 is 2.65 bits per heavy atom. The Balaban J connectivity index is 2.12. The Labute approximate surface area is 115 Å². The highest BCUT2D eigenvalue weighted by Crippen LogP contribution is 2.25. The summed E-state index contributed by atoms with van der Waals surface area (Å²) in [5, 5.41) is 51.1. The fourth-order valence-corrected chi connectivity index (χ4v) is 2.00. The topological polar surface area (TPSA) is 128 Å². The van der Waals surface area contributed by atoms with Crippen LogP contribution in [0.4, 0.5) is 11.4 Å². The molecule has 0 aliphatic carbocycles. The number of aliphatic hydroxyl groups is 3. The van der Waals surface area contributed by atoms with Crippen LogP contribution in [0.15, 0.2) is 18.2 Å². The van der Waals surface area contributed by atoms with Crippen LogP contribution >= 0.6 is 0 Å². The third-order valence-electron chi connectivity index (χ3n) is 3.23. The Bertz CT molecular complexity index is 469. The predicted molar refractivity (Wildman–Crippen MR) is 70.2 cm³/mol. The summed E-state index contributed by atoms with van der Waals surface area (Å²) in [7, 11) is 0. The van der Waals surface area contributed by atoms with Crippen LogP contribution in [-0.2, 0) is 4.74 Å². The van der Waals surface area contributed by atoms with Crippen molar-refractivity contribution in [2.45, 2.75) is 31.5 Å². The average Bonchev–Trinajstić information content (AvgIpc) is 2.41. The number of anilines is 2. The van der Waals surface area contributed by atoms with Gasteiger partial charge in [-0.1, -0.05) is 6.07 Å². The van der Waals surface area contributed by atoms with Gasteiger partial charge in [-0.2, -0.15) is 0 Å². The average molecular weight is 285 g/mol. The zero-order valence-corrected chi connectivity index (χ0v) is 10.8. The van der Waals surface area contributed by atoms with Crippen LogP contribution in [0.2, 0.25) is 0 Å². The lowest BCUT2D eigenvalue weighted by Crippen LogP contribution is -2.55. The van der Waals surface area contributed by atoms with Crippen molar-refractivity contribution >= 4 is 11.4 Å². The van der Waals surface area contributed by atoms with E-state index in [1.54, 1.807) is 19.1 Å². The van der Waals surface area contributed by atoms with E-state index in [1.807, 2.05) is 0 Å². The Morgan fingerprint density at radius 1 is 1.30 bits per heavy atom. The summed E-state index contributed by atoms with van der Waals surface area (Å²) in [5.41, 5.74) is 1.06. The van der Waals surface area contributed by atoms with E-state index in [4.69, 9.17) is 9.94 Å². The third-order valence-corrected chi connectivity index (χ3v) is 3.23. The number of aliphatic hydroxyl groups excluding tert-OH is 3. The van der Waals surface area contributed by atoms with Crippen molar-refractivity contribution in [1.29, 1.82) is 0 Å². The predicted octanol–water partition coefficient (Wildman–Crippen LogP) is -0.461. The molecule has 1 aliphatic heterocycles. The summed E-state index contributed by atoms with van der Waals surface area (Å²) in [6, 6.07) is 4.63. The van der Waals surface area contributed by atoms with Crippen molar-refractivity contribution in [3.8, 4) is 0 Å². The second-order valence-electron chi connectivity index (χ2n) is 4.72. The van der Waals surface area contributed by atoms with E-state index in [-0.39, 0.29) is 17.5 Å². The molecule has 8 heteroatoms. The summed E-state index contributed by atoms with van der Waals surface area (Å²) in [6.45, 7) is 1.54. The van der Waals surface area contributed by atoms with Crippen molar-refractivity contribution in [2.75, 3.05) is 17.2 Å². The highest BCUT2D eigenvalue weighted by Gasteiger charge is 2.37. The molecule has 8 nitrogen and oxygen atoms in total. The van der Waals surface area contributed by atoms with E-state index in [0.29, 0.717) is 11.3 Å². The monoisotopic (exact) mass is 285 g/mol. The highest BCUT2D eigenvalue weighted by molar-refractivity contribution is 5.61. The normalized spacial score (nSPS) is 30.1. The van der Waals surface area contributed by atoms with Gasteiger partial charge in [0.15, 0.2) is 6.23 Å². The number of hydrogen-bond acceptors (Lipinski definition) is 8. The molecule has 0 saturated carbocycles. The first-order valence-electron chi connectivity index (χ1n) is 6.09. The zero-order chi connectivity index (χ0) is 14.9. The van der Waals surface area contributed by atoms with Gasteiger partial charge in [0.1, 0.15) is 18.3 Å². The van der Waals surface area contributed by atoms with E-state index >= 15 is 0 Å². The number of hydrogen-bond donors (Lipinski definition) is 5. The van der Waals surface area contributed by atoms with Crippen LogP contribution < -0.4 is 10.5 Å². The first kappa shape index (κ1) is 15.0. The lowest BCUT2D eigenvalue weighted by Gasteiger charge is -2.36. The second kappa shape index (κ2) is 5.92. The summed E-state index contributed by atoms with van der Waals surface area (Å²) in [5.74, 6) is 0. The van der Waals surface area contributed by atoms with E-state index < -0.39 is 24.5 Å². The van der Waals surface area contributed by atoms with Gasteiger partial charge < -0.3 is 35.8 Å². The number of rotatable bonds is 3. The lowest BCUT2D eigenvalue weighted by atomic mass is 10.0. The lowest BCUT2D eigenvalue weighted by molar-refractivity contribution is -0.178. The maximum atomic E-state index is 11.0. The van der Waals surface area contributed by atoms with Gasteiger partial charge in [-0.25, -0.2) is 0 Å². The number of nitrogens with one attached hydrogen (secondary N) is 1. The largest absolute Gasteiger partial charge is 0.733 e. The van der Waals surface area contributed by atoms with E-state index in [0.717, 1.165) is 0 Å². The van der Waals surface area contributed by atoms with E-state index in [1.165, 1.54) is 6.07 Å². The molecule has 1 fully saturated rings. The van der Waals surface area contributed by atoms with Gasteiger partial charge in [-0.15, -0.1) is 0 Å². The summed E-state index contributed by atoms with van der Waals surface area (Å²) in [6.07, 6.45) is -4.71. The van der Waals surface area contributed by atoms with Gasteiger partial charge in [0.05, 0.1) is 12.3 Å². The Kier molecular flexibility index (Phi) is 4.43. The minimum atomic E-state index is -1.32. The number of benzene rings is 1. The molecule has 0 radical (unpaired) electrons. The maximum Gasteiger partial charge on any atom is 0.156 e. The molecule has 0 aromatic heterocycles. The number of ether oxygens (including phenoxy) is 1. The van der Waals surface area contributed by atoms with Gasteiger partial charge >= 0.3 is 0 Å². The van der Waals surface area contributed by atoms with Crippen molar-refractivity contribution < 1.29 is 25.3 Å². The molecule has 0 unspecified atom stereocenters. The molecule has 4 atom stereocenters. The quantitative estimate of drug-likeness (QED) is 0.472. The van der Waals surface area contributed by atoms with Gasteiger partial charge in [-0.3, -0.25) is 5.21 Å². The molecule has 1 heterocycles. The molecule has 20 heavy (non-hydrogen) atoms. The van der Waals surface area contributed by atoms with E-state index in [9.17, 15) is 20.5 Å². The summed E-state index contributed by atoms with van der Waals surface area (Å²) >= 11 is 0. The minimum Gasteiger partial charge on any atom is -0.733 e.